The minimum Gasteiger partial charge on any atom is -0.322 e. The lowest BCUT2D eigenvalue weighted by atomic mass is 9.73. The molecule has 4 rings (SSSR count). The highest BCUT2D eigenvalue weighted by Gasteiger charge is 2.51. The van der Waals surface area contributed by atoms with Crippen molar-refractivity contribution in [2.24, 2.45) is 5.41 Å². The van der Waals surface area contributed by atoms with Crippen LogP contribution in [0.1, 0.15) is 59.2 Å². The number of hydrogen-bond acceptors (Lipinski definition) is 4. The average Bonchev–Trinajstić information content (AvgIpc) is 2.99. The second kappa shape index (κ2) is 8.22. The van der Waals surface area contributed by atoms with Gasteiger partial charge in [-0.25, -0.2) is 0 Å². The van der Waals surface area contributed by atoms with E-state index in [1.54, 1.807) is 48.5 Å². The fourth-order valence-corrected chi connectivity index (χ4v) is 4.41. The molecule has 6 heteroatoms. The number of rotatable bonds is 5. The number of nitrogens with one attached hydrogen (secondary N) is 1. The number of carbonyl (C=O) groups excluding carboxylic acids is 4. The molecule has 0 aromatic heterocycles. The van der Waals surface area contributed by atoms with Crippen LogP contribution in [-0.4, -0.2) is 34.9 Å². The summed E-state index contributed by atoms with van der Waals surface area (Å²) in [5.41, 5.74) is 0.925. The number of imide groups is 1. The highest BCUT2D eigenvalue weighted by Crippen LogP contribution is 2.45. The molecule has 1 aliphatic heterocycles. The summed E-state index contributed by atoms with van der Waals surface area (Å²) < 4.78 is 0. The van der Waals surface area contributed by atoms with Crippen LogP contribution in [0.5, 0.6) is 0 Å². The molecule has 154 valence electrons. The predicted octanol–water partition coefficient (Wildman–Crippen LogP) is 3.83. The first-order chi connectivity index (χ1) is 14.5. The lowest BCUT2D eigenvalue weighted by Crippen LogP contribution is -2.39. The third kappa shape index (κ3) is 3.90. The van der Waals surface area contributed by atoms with Crippen LogP contribution < -0.4 is 5.32 Å². The Kier molecular flexibility index (Phi) is 5.48. The molecule has 1 saturated carbocycles. The van der Waals surface area contributed by atoms with Crippen molar-refractivity contribution in [3.05, 3.63) is 65.7 Å². The minimum absolute atomic E-state index is 0.188. The van der Waals surface area contributed by atoms with Crippen molar-refractivity contribution >= 4 is 29.2 Å². The first kappa shape index (κ1) is 20.0. The molecule has 2 aromatic rings. The molecule has 0 unspecified atom stereocenters. The van der Waals surface area contributed by atoms with E-state index < -0.39 is 5.41 Å². The Hall–Kier alpha value is -3.28. The summed E-state index contributed by atoms with van der Waals surface area (Å²) in [5.74, 6) is -0.958. The summed E-state index contributed by atoms with van der Waals surface area (Å²) in [7, 11) is 0. The third-order valence-electron chi connectivity index (χ3n) is 6.10. The van der Waals surface area contributed by atoms with Gasteiger partial charge in [0.15, 0.2) is 5.78 Å². The van der Waals surface area contributed by atoms with Crippen molar-refractivity contribution in [3.63, 3.8) is 0 Å². The molecule has 30 heavy (non-hydrogen) atoms. The molecule has 0 atom stereocenters. The number of anilines is 1. The van der Waals surface area contributed by atoms with E-state index in [0.29, 0.717) is 16.8 Å². The SMILES string of the molecule is O=C(CN1C(=O)CC2(CCCCC2)C1=O)c1ccc(NC(=O)c2ccccc2)cc1. The molecule has 1 aliphatic carbocycles. The van der Waals surface area contributed by atoms with Crippen LogP contribution in [0.3, 0.4) is 0 Å². The maximum atomic E-state index is 12.9. The van der Waals surface area contributed by atoms with Gasteiger partial charge in [-0.3, -0.25) is 24.1 Å². The average molecular weight is 404 g/mol. The monoisotopic (exact) mass is 404 g/mol. The van der Waals surface area contributed by atoms with Crippen molar-refractivity contribution in [1.29, 1.82) is 0 Å². The number of carbonyl (C=O) groups is 4. The van der Waals surface area contributed by atoms with Gasteiger partial charge in [0.05, 0.1) is 12.0 Å². The predicted molar refractivity (Wildman–Crippen MR) is 112 cm³/mol. The van der Waals surface area contributed by atoms with Crippen LogP contribution in [0, 0.1) is 5.41 Å². The second-order valence-electron chi connectivity index (χ2n) is 8.12. The molecule has 2 aromatic carbocycles. The number of amides is 3. The fourth-order valence-electron chi connectivity index (χ4n) is 4.41. The molecule has 2 fully saturated rings. The zero-order valence-corrected chi connectivity index (χ0v) is 16.7. The molecule has 1 heterocycles. The van der Waals surface area contributed by atoms with Crippen LogP contribution in [-0.2, 0) is 9.59 Å². The van der Waals surface area contributed by atoms with Crippen molar-refractivity contribution < 1.29 is 19.2 Å². The van der Waals surface area contributed by atoms with Gasteiger partial charge in [-0.2, -0.15) is 0 Å². The summed E-state index contributed by atoms with van der Waals surface area (Å²) >= 11 is 0. The maximum Gasteiger partial charge on any atom is 0.255 e. The van der Waals surface area contributed by atoms with Crippen LogP contribution in [0.4, 0.5) is 5.69 Å². The largest absolute Gasteiger partial charge is 0.322 e. The Morgan fingerprint density at radius 1 is 0.867 bits per heavy atom. The Morgan fingerprint density at radius 3 is 2.20 bits per heavy atom. The minimum atomic E-state index is -0.582. The highest BCUT2D eigenvalue weighted by atomic mass is 16.2. The summed E-state index contributed by atoms with van der Waals surface area (Å²) in [6.07, 6.45) is 4.70. The van der Waals surface area contributed by atoms with Crippen LogP contribution in [0.15, 0.2) is 54.6 Å². The van der Waals surface area contributed by atoms with E-state index >= 15 is 0 Å². The van der Waals surface area contributed by atoms with E-state index in [1.807, 2.05) is 6.07 Å². The van der Waals surface area contributed by atoms with Gasteiger partial charge in [-0.1, -0.05) is 37.5 Å². The van der Waals surface area contributed by atoms with E-state index in [9.17, 15) is 19.2 Å². The zero-order chi connectivity index (χ0) is 21.1. The van der Waals surface area contributed by atoms with E-state index in [1.165, 1.54) is 0 Å². The first-order valence-electron chi connectivity index (χ1n) is 10.3. The number of benzene rings is 2. The Balaban J connectivity index is 1.40. The number of Topliss-reactive ketones (excluding diaryl/α,β-unsaturated/α-hetero) is 1. The highest BCUT2D eigenvalue weighted by molar-refractivity contribution is 6.10. The van der Waals surface area contributed by atoms with Gasteiger partial charge in [-0.15, -0.1) is 0 Å². The molecule has 6 nitrogen and oxygen atoms in total. The van der Waals surface area contributed by atoms with Gasteiger partial charge in [-0.05, 0) is 49.2 Å². The van der Waals surface area contributed by atoms with Crippen LogP contribution in [0.25, 0.3) is 0 Å². The van der Waals surface area contributed by atoms with E-state index in [-0.39, 0.29) is 36.5 Å². The summed E-state index contributed by atoms with van der Waals surface area (Å²) in [6.45, 7) is -0.227. The Labute approximate surface area is 175 Å². The molecule has 1 spiro atoms. The maximum absolute atomic E-state index is 12.9. The number of likely N-dealkylation sites (tertiary alicyclic amines) is 1. The van der Waals surface area contributed by atoms with Crippen molar-refractivity contribution in [2.45, 2.75) is 38.5 Å². The summed E-state index contributed by atoms with van der Waals surface area (Å²) in [5, 5.41) is 2.78. The van der Waals surface area contributed by atoms with Gasteiger partial charge in [0, 0.05) is 23.2 Å². The zero-order valence-electron chi connectivity index (χ0n) is 16.7. The first-order valence-corrected chi connectivity index (χ1v) is 10.3. The quantitative estimate of drug-likeness (QED) is 0.606. The molecular formula is C24H24N2O4. The fraction of sp³-hybridized carbons (Fsp3) is 0.333. The lowest BCUT2D eigenvalue weighted by molar-refractivity contribution is -0.141. The second-order valence-corrected chi connectivity index (χ2v) is 8.12. The van der Waals surface area contributed by atoms with Gasteiger partial charge in [0.1, 0.15) is 0 Å². The molecule has 1 saturated heterocycles. The number of nitrogens with zero attached hydrogens (tertiary/aromatic N) is 1. The van der Waals surface area contributed by atoms with Crippen LogP contribution >= 0.6 is 0 Å². The van der Waals surface area contributed by atoms with Crippen molar-refractivity contribution in [2.75, 3.05) is 11.9 Å². The molecule has 1 N–H and O–H groups in total. The third-order valence-corrected chi connectivity index (χ3v) is 6.10. The van der Waals surface area contributed by atoms with Crippen molar-refractivity contribution in [1.82, 2.24) is 4.90 Å². The van der Waals surface area contributed by atoms with E-state index in [2.05, 4.69) is 5.32 Å². The Morgan fingerprint density at radius 2 is 1.53 bits per heavy atom. The molecule has 3 amide bonds. The summed E-state index contributed by atoms with van der Waals surface area (Å²) in [6, 6.07) is 15.3. The smallest absolute Gasteiger partial charge is 0.255 e. The topological polar surface area (TPSA) is 83.6 Å². The lowest BCUT2D eigenvalue weighted by Gasteiger charge is -2.30. The van der Waals surface area contributed by atoms with Crippen molar-refractivity contribution in [3.8, 4) is 0 Å². The molecule has 2 aliphatic rings. The Bertz CT molecular complexity index is 976. The van der Waals surface area contributed by atoms with Gasteiger partial charge < -0.3 is 5.32 Å². The van der Waals surface area contributed by atoms with E-state index in [0.717, 1.165) is 37.0 Å². The van der Waals surface area contributed by atoms with Gasteiger partial charge in [0.25, 0.3) is 5.91 Å². The number of ketones is 1. The molecular weight excluding hydrogens is 380 g/mol. The van der Waals surface area contributed by atoms with Gasteiger partial charge >= 0.3 is 0 Å². The van der Waals surface area contributed by atoms with E-state index in [4.69, 9.17) is 0 Å². The number of hydrogen-bond donors (Lipinski definition) is 1. The molecule has 0 bridgehead atoms. The molecule has 0 radical (unpaired) electrons. The van der Waals surface area contributed by atoms with Crippen LogP contribution in [0.2, 0.25) is 0 Å². The summed E-state index contributed by atoms with van der Waals surface area (Å²) in [4.78, 5) is 51.4. The normalized spacial score (nSPS) is 17.9. The van der Waals surface area contributed by atoms with Gasteiger partial charge in [0.2, 0.25) is 11.8 Å². The standard InChI is InChI=1S/C24H24N2O4/c27-20(16-26-21(28)15-24(23(26)30)13-5-2-6-14-24)17-9-11-19(12-10-17)25-22(29)18-7-3-1-4-8-18/h1,3-4,7-12H,2,5-6,13-16H2,(H,25,29).